The summed E-state index contributed by atoms with van der Waals surface area (Å²) in [6, 6.07) is 6.77. The average molecular weight is 302 g/mol. The standard InChI is InChI=1S/C16H14O6/c1-21-15-7-13(16(20)22-2)12(6-14(15)19)11-4-3-10(18)5-9(11)8-17/h3-8,18-19H,1-2H3. The number of methoxy groups -OCH3 is 2. The van der Waals surface area contributed by atoms with E-state index in [1.54, 1.807) is 0 Å². The van der Waals surface area contributed by atoms with Crippen molar-refractivity contribution in [2.45, 2.75) is 0 Å². The smallest absolute Gasteiger partial charge is 0.338 e. The minimum absolute atomic E-state index is 0.0804. The molecule has 22 heavy (non-hydrogen) atoms. The normalized spacial score (nSPS) is 10.1. The summed E-state index contributed by atoms with van der Waals surface area (Å²) in [5.74, 6) is -0.799. The zero-order chi connectivity index (χ0) is 16.3. The molecule has 6 nitrogen and oxygen atoms in total. The third-order valence-corrected chi connectivity index (χ3v) is 3.18. The van der Waals surface area contributed by atoms with Crippen LogP contribution >= 0.6 is 0 Å². The monoisotopic (exact) mass is 302 g/mol. The molecule has 2 rings (SSSR count). The maximum absolute atomic E-state index is 12.0. The molecule has 0 aliphatic rings. The third-order valence-electron chi connectivity index (χ3n) is 3.18. The SMILES string of the molecule is COC(=O)c1cc(OC)c(O)cc1-c1ccc(O)cc1C=O. The van der Waals surface area contributed by atoms with E-state index in [1.165, 1.54) is 44.6 Å². The first-order valence-electron chi connectivity index (χ1n) is 6.29. The fraction of sp³-hybridized carbons (Fsp3) is 0.125. The summed E-state index contributed by atoms with van der Waals surface area (Å²) in [6.45, 7) is 0. The lowest BCUT2D eigenvalue weighted by Crippen LogP contribution is -2.05. The molecule has 0 bridgehead atoms. The average Bonchev–Trinajstić information content (AvgIpc) is 2.53. The third kappa shape index (κ3) is 2.71. The van der Waals surface area contributed by atoms with Crippen molar-refractivity contribution in [1.29, 1.82) is 0 Å². The van der Waals surface area contributed by atoms with Gasteiger partial charge in [-0.05, 0) is 35.9 Å². The zero-order valence-corrected chi connectivity index (χ0v) is 12.0. The first kappa shape index (κ1) is 15.4. The van der Waals surface area contributed by atoms with E-state index in [4.69, 9.17) is 9.47 Å². The molecule has 0 radical (unpaired) electrons. The molecular weight excluding hydrogens is 288 g/mol. The number of hydrogen-bond acceptors (Lipinski definition) is 6. The summed E-state index contributed by atoms with van der Waals surface area (Å²) >= 11 is 0. The number of rotatable bonds is 4. The second-order valence-electron chi connectivity index (χ2n) is 4.45. The molecule has 2 aromatic rings. The van der Waals surface area contributed by atoms with Gasteiger partial charge in [-0.25, -0.2) is 4.79 Å². The number of phenols is 2. The number of benzene rings is 2. The first-order chi connectivity index (χ1) is 10.5. The van der Waals surface area contributed by atoms with Gasteiger partial charge in [-0.2, -0.15) is 0 Å². The van der Waals surface area contributed by atoms with E-state index in [-0.39, 0.29) is 28.4 Å². The maximum Gasteiger partial charge on any atom is 0.338 e. The first-order valence-corrected chi connectivity index (χ1v) is 6.29. The molecule has 0 amide bonds. The lowest BCUT2D eigenvalue weighted by molar-refractivity contribution is 0.0601. The highest BCUT2D eigenvalue weighted by Crippen LogP contribution is 2.37. The van der Waals surface area contributed by atoms with Crippen molar-refractivity contribution in [3.05, 3.63) is 41.5 Å². The van der Waals surface area contributed by atoms with Gasteiger partial charge in [0.25, 0.3) is 0 Å². The quantitative estimate of drug-likeness (QED) is 0.665. The lowest BCUT2D eigenvalue weighted by atomic mass is 9.95. The van der Waals surface area contributed by atoms with Crippen LogP contribution in [-0.4, -0.2) is 36.7 Å². The number of carbonyl (C=O) groups is 2. The van der Waals surface area contributed by atoms with E-state index < -0.39 is 5.97 Å². The van der Waals surface area contributed by atoms with Crippen molar-refractivity contribution in [3.8, 4) is 28.4 Å². The van der Waals surface area contributed by atoms with Crippen molar-refractivity contribution in [2.75, 3.05) is 14.2 Å². The van der Waals surface area contributed by atoms with Gasteiger partial charge in [0.15, 0.2) is 17.8 Å². The zero-order valence-electron chi connectivity index (χ0n) is 12.0. The second kappa shape index (κ2) is 6.17. The predicted molar refractivity (Wildman–Crippen MR) is 78.5 cm³/mol. The molecule has 0 heterocycles. The Balaban J connectivity index is 2.76. The Bertz CT molecular complexity index is 736. The van der Waals surface area contributed by atoms with E-state index in [0.29, 0.717) is 17.4 Å². The molecule has 2 aromatic carbocycles. The minimum atomic E-state index is -0.641. The van der Waals surface area contributed by atoms with Crippen LogP contribution in [-0.2, 0) is 4.74 Å². The van der Waals surface area contributed by atoms with Crippen molar-refractivity contribution in [2.24, 2.45) is 0 Å². The fourth-order valence-electron chi connectivity index (χ4n) is 2.13. The Labute approximate surface area is 126 Å². The number of ether oxygens (including phenoxy) is 2. The van der Waals surface area contributed by atoms with E-state index in [2.05, 4.69) is 0 Å². The van der Waals surface area contributed by atoms with Gasteiger partial charge in [0, 0.05) is 11.1 Å². The molecular formula is C16H14O6. The number of phenolic OH excluding ortho intramolecular Hbond substituents is 2. The van der Waals surface area contributed by atoms with Gasteiger partial charge >= 0.3 is 5.97 Å². The topological polar surface area (TPSA) is 93.1 Å². The van der Waals surface area contributed by atoms with Crippen molar-refractivity contribution >= 4 is 12.3 Å². The number of esters is 1. The molecule has 114 valence electrons. The minimum Gasteiger partial charge on any atom is -0.508 e. The Morgan fingerprint density at radius 2 is 1.82 bits per heavy atom. The number of carbonyl (C=O) groups excluding carboxylic acids is 2. The molecule has 6 heteroatoms. The molecule has 0 fully saturated rings. The second-order valence-corrected chi connectivity index (χ2v) is 4.45. The molecule has 0 saturated carbocycles. The van der Waals surface area contributed by atoms with E-state index >= 15 is 0 Å². The van der Waals surface area contributed by atoms with Gasteiger partial charge in [-0.3, -0.25) is 4.79 Å². The van der Waals surface area contributed by atoms with Crippen LogP contribution in [0.1, 0.15) is 20.7 Å². The summed E-state index contributed by atoms with van der Waals surface area (Å²) in [5, 5.41) is 19.4. The highest BCUT2D eigenvalue weighted by atomic mass is 16.5. The number of hydrogen-bond donors (Lipinski definition) is 2. The van der Waals surface area contributed by atoms with Crippen molar-refractivity contribution < 1.29 is 29.3 Å². The van der Waals surface area contributed by atoms with Gasteiger partial charge < -0.3 is 19.7 Å². The fourth-order valence-corrected chi connectivity index (χ4v) is 2.13. The Hall–Kier alpha value is -3.02. The van der Waals surface area contributed by atoms with Gasteiger partial charge in [0.2, 0.25) is 0 Å². The van der Waals surface area contributed by atoms with Crippen LogP contribution in [0.3, 0.4) is 0 Å². The molecule has 0 aromatic heterocycles. The number of aromatic hydroxyl groups is 2. The largest absolute Gasteiger partial charge is 0.508 e. The van der Waals surface area contributed by atoms with Crippen LogP contribution in [0.5, 0.6) is 17.2 Å². The summed E-state index contributed by atoms with van der Waals surface area (Å²) in [4.78, 5) is 23.2. The molecule has 0 saturated heterocycles. The van der Waals surface area contributed by atoms with Crippen LogP contribution < -0.4 is 4.74 Å². The van der Waals surface area contributed by atoms with Crippen LogP contribution in [0.2, 0.25) is 0 Å². The Morgan fingerprint density at radius 3 is 2.41 bits per heavy atom. The molecule has 0 unspecified atom stereocenters. The highest BCUT2D eigenvalue weighted by molar-refractivity contribution is 6.01. The van der Waals surface area contributed by atoms with Crippen molar-refractivity contribution in [3.63, 3.8) is 0 Å². The van der Waals surface area contributed by atoms with Gasteiger partial charge in [-0.15, -0.1) is 0 Å². The molecule has 0 aliphatic carbocycles. The van der Waals surface area contributed by atoms with Gasteiger partial charge in [0.05, 0.1) is 19.8 Å². The van der Waals surface area contributed by atoms with Crippen LogP contribution in [0.25, 0.3) is 11.1 Å². The molecule has 2 N–H and O–H groups in total. The van der Waals surface area contributed by atoms with Gasteiger partial charge in [0.1, 0.15) is 5.75 Å². The van der Waals surface area contributed by atoms with E-state index in [9.17, 15) is 19.8 Å². The molecule has 0 atom stereocenters. The predicted octanol–water partition coefficient (Wildman–Crippen LogP) is 2.37. The van der Waals surface area contributed by atoms with Gasteiger partial charge in [-0.1, -0.05) is 0 Å². The van der Waals surface area contributed by atoms with Crippen LogP contribution in [0.4, 0.5) is 0 Å². The van der Waals surface area contributed by atoms with Crippen LogP contribution in [0.15, 0.2) is 30.3 Å². The summed E-state index contributed by atoms with van der Waals surface area (Å²) in [6.07, 6.45) is 0.553. The highest BCUT2D eigenvalue weighted by Gasteiger charge is 2.19. The van der Waals surface area contributed by atoms with E-state index in [1.807, 2.05) is 0 Å². The Kier molecular flexibility index (Phi) is 4.31. The summed E-state index contributed by atoms with van der Waals surface area (Å²) < 4.78 is 9.70. The maximum atomic E-state index is 12.0. The lowest BCUT2D eigenvalue weighted by Gasteiger charge is -2.13. The Morgan fingerprint density at radius 1 is 1.09 bits per heavy atom. The molecule has 0 spiro atoms. The number of aldehydes is 1. The molecule has 0 aliphatic heterocycles. The van der Waals surface area contributed by atoms with E-state index in [0.717, 1.165) is 0 Å². The summed E-state index contributed by atoms with van der Waals surface area (Å²) in [7, 11) is 2.58. The summed E-state index contributed by atoms with van der Waals surface area (Å²) in [5.41, 5.74) is 0.985. The van der Waals surface area contributed by atoms with Crippen LogP contribution in [0, 0.1) is 0 Å². The van der Waals surface area contributed by atoms with Crippen molar-refractivity contribution in [1.82, 2.24) is 0 Å².